The van der Waals surface area contributed by atoms with Crippen LogP contribution in [-0.4, -0.2) is 30.6 Å². The van der Waals surface area contributed by atoms with E-state index in [2.05, 4.69) is 11.6 Å². The van der Waals surface area contributed by atoms with Gasteiger partial charge in [-0.25, -0.2) is 13.1 Å². The second-order valence-corrected chi connectivity index (χ2v) is 9.48. The molecule has 7 heteroatoms. The third kappa shape index (κ3) is 3.57. The number of hydrogen-bond acceptors (Lipinski definition) is 5. The van der Waals surface area contributed by atoms with Crippen LogP contribution in [0.1, 0.15) is 35.9 Å². The summed E-state index contributed by atoms with van der Waals surface area (Å²) < 4.78 is 27.8. The van der Waals surface area contributed by atoms with E-state index in [4.69, 9.17) is 5.11 Å². The van der Waals surface area contributed by atoms with Gasteiger partial charge < -0.3 is 5.11 Å². The highest BCUT2D eigenvalue weighted by molar-refractivity contribution is 8.00. The van der Waals surface area contributed by atoms with Gasteiger partial charge in [0, 0.05) is 21.0 Å². The normalized spacial score (nSPS) is 23.4. The largest absolute Gasteiger partial charge is 0.391 e. The van der Waals surface area contributed by atoms with Crippen LogP contribution in [-0.2, 0) is 16.6 Å². The molecule has 1 saturated carbocycles. The Labute approximate surface area is 129 Å². The van der Waals surface area contributed by atoms with Crippen LogP contribution in [0.15, 0.2) is 11.0 Å². The van der Waals surface area contributed by atoms with Crippen LogP contribution in [0.25, 0.3) is 0 Å². The first-order valence-electron chi connectivity index (χ1n) is 6.82. The van der Waals surface area contributed by atoms with Gasteiger partial charge in [0.05, 0.1) is 11.5 Å². The van der Waals surface area contributed by atoms with Crippen molar-refractivity contribution in [3.05, 3.63) is 15.8 Å². The van der Waals surface area contributed by atoms with Gasteiger partial charge >= 0.3 is 0 Å². The lowest BCUT2D eigenvalue weighted by atomic mass is 10.3. The smallest absolute Gasteiger partial charge is 0.241 e. The zero-order valence-corrected chi connectivity index (χ0v) is 14.2. The third-order valence-electron chi connectivity index (χ3n) is 3.51. The van der Waals surface area contributed by atoms with Gasteiger partial charge in [0.15, 0.2) is 0 Å². The van der Waals surface area contributed by atoms with Crippen molar-refractivity contribution in [1.29, 1.82) is 0 Å². The Morgan fingerprint density at radius 2 is 2.25 bits per heavy atom. The van der Waals surface area contributed by atoms with E-state index in [0.717, 1.165) is 29.9 Å². The Morgan fingerprint density at radius 3 is 2.85 bits per heavy atom. The van der Waals surface area contributed by atoms with Crippen LogP contribution < -0.4 is 4.72 Å². The highest BCUT2D eigenvalue weighted by Crippen LogP contribution is 2.32. The standard InChI is InChI=1S/C13H21NO3S3/c1-3-18-12-6-4-5-11(12)14-20(16,17)13-7-10(8-15)19-9(13)2/h7,11-12,14-15H,3-6,8H2,1-2H3. The molecule has 0 aliphatic heterocycles. The van der Waals surface area contributed by atoms with Crippen LogP contribution >= 0.6 is 23.1 Å². The highest BCUT2D eigenvalue weighted by Gasteiger charge is 2.32. The second-order valence-electron chi connectivity index (χ2n) is 4.94. The van der Waals surface area contributed by atoms with Gasteiger partial charge in [-0.2, -0.15) is 11.8 Å². The molecule has 2 rings (SSSR count). The summed E-state index contributed by atoms with van der Waals surface area (Å²) in [6, 6.07) is 1.61. The van der Waals surface area contributed by atoms with Gasteiger partial charge in [0.1, 0.15) is 0 Å². The van der Waals surface area contributed by atoms with E-state index in [1.165, 1.54) is 11.3 Å². The summed E-state index contributed by atoms with van der Waals surface area (Å²) in [7, 11) is -3.48. The van der Waals surface area contributed by atoms with Crippen LogP contribution in [0, 0.1) is 6.92 Å². The van der Waals surface area contributed by atoms with E-state index >= 15 is 0 Å². The van der Waals surface area contributed by atoms with Gasteiger partial charge in [-0.15, -0.1) is 11.3 Å². The molecule has 0 spiro atoms. The first-order chi connectivity index (χ1) is 9.47. The zero-order valence-electron chi connectivity index (χ0n) is 11.8. The number of sulfonamides is 1. The molecule has 1 aromatic rings. The number of nitrogens with one attached hydrogen (secondary N) is 1. The Balaban J connectivity index is 2.16. The van der Waals surface area contributed by atoms with E-state index in [1.807, 2.05) is 11.8 Å². The van der Waals surface area contributed by atoms with Gasteiger partial charge in [-0.1, -0.05) is 13.3 Å². The lowest BCUT2D eigenvalue weighted by Crippen LogP contribution is -2.38. The molecule has 1 aromatic heterocycles. The molecule has 2 N–H and O–H groups in total. The number of aliphatic hydroxyl groups excluding tert-OH is 1. The van der Waals surface area contributed by atoms with E-state index in [1.54, 1.807) is 13.0 Å². The molecule has 0 saturated heterocycles. The van der Waals surface area contributed by atoms with Crippen molar-refractivity contribution >= 4 is 33.1 Å². The van der Waals surface area contributed by atoms with Crippen LogP contribution in [0.4, 0.5) is 0 Å². The maximum Gasteiger partial charge on any atom is 0.241 e. The molecule has 114 valence electrons. The van der Waals surface area contributed by atoms with Crippen LogP contribution in [0.2, 0.25) is 0 Å². The third-order valence-corrected chi connectivity index (χ3v) is 7.61. The lowest BCUT2D eigenvalue weighted by molar-refractivity contribution is 0.285. The van der Waals surface area contributed by atoms with E-state index < -0.39 is 10.0 Å². The average molecular weight is 336 g/mol. The van der Waals surface area contributed by atoms with E-state index in [9.17, 15) is 8.42 Å². The van der Waals surface area contributed by atoms with Crippen molar-refractivity contribution in [3.8, 4) is 0 Å². The average Bonchev–Trinajstić information content (AvgIpc) is 2.97. The van der Waals surface area contributed by atoms with Crippen molar-refractivity contribution in [2.45, 2.75) is 55.9 Å². The summed E-state index contributed by atoms with van der Waals surface area (Å²) in [5.41, 5.74) is 0. The zero-order chi connectivity index (χ0) is 14.8. The number of thioether (sulfide) groups is 1. The fourth-order valence-corrected chi connectivity index (χ4v) is 6.70. The molecule has 0 amide bonds. The molecule has 0 aromatic carbocycles. The van der Waals surface area contributed by atoms with E-state index in [-0.39, 0.29) is 12.6 Å². The molecule has 0 radical (unpaired) electrons. The monoisotopic (exact) mass is 335 g/mol. The Kier molecular flexibility index (Phi) is 5.53. The first kappa shape index (κ1) is 16.3. The highest BCUT2D eigenvalue weighted by atomic mass is 32.2. The molecule has 2 atom stereocenters. The van der Waals surface area contributed by atoms with Crippen molar-refractivity contribution < 1.29 is 13.5 Å². The molecule has 0 bridgehead atoms. The Hall–Kier alpha value is -0.0800. The molecule has 20 heavy (non-hydrogen) atoms. The quantitative estimate of drug-likeness (QED) is 0.838. The number of hydrogen-bond donors (Lipinski definition) is 2. The molecular formula is C13H21NO3S3. The van der Waals surface area contributed by atoms with Gasteiger partial charge in [-0.3, -0.25) is 0 Å². The fraction of sp³-hybridized carbons (Fsp3) is 0.692. The van der Waals surface area contributed by atoms with Gasteiger partial charge in [-0.05, 0) is 31.6 Å². The van der Waals surface area contributed by atoms with Crippen molar-refractivity contribution in [3.63, 3.8) is 0 Å². The Bertz CT molecular complexity index is 553. The van der Waals surface area contributed by atoms with Crippen molar-refractivity contribution in [2.24, 2.45) is 0 Å². The molecule has 2 unspecified atom stereocenters. The molecule has 1 aliphatic carbocycles. The number of aliphatic hydroxyl groups is 1. The maximum absolute atomic E-state index is 12.5. The molecule has 1 fully saturated rings. The number of thiophene rings is 1. The Morgan fingerprint density at radius 1 is 1.50 bits per heavy atom. The predicted octanol–water partition coefficient (Wildman–Crippen LogP) is 2.50. The summed E-state index contributed by atoms with van der Waals surface area (Å²) in [6.07, 6.45) is 3.07. The van der Waals surface area contributed by atoms with Gasteiger partial charge in [0.2, 0.25) is 10.0 Å². The molecular weight excluding hydrogens is 314 g/mol. The minimum atomic E-state index is -3.48. The predicted molar refractivity (Wildman–Crippen MR) is 84.9 cm³/mol. The van der Waals surface area contributed by atoms with Crippen LogP contribution in [0.3, 0.4) is 0 Å². The number of aryl methyl sites for hydroxylation is 1. The topological polar surface area (TPSA) is 66.4 Å². The molecule has 1 aliphatic rings. The van der Waals surface area contributed by atoms with Crippen molar-refractivity contribution in [2.75, 3.05) is 5.75 Å². The second kappa shape index (κ2) is 6.79. The first-order valence-corrected chi connectivity index (χ1v) is 10.2. The molecule has 4 nitrogen and oxygen atoms in total. The maximum atomic E-state index is 12.5. The lowest BCUT2D eigenvalue weighted by Gasteiger charge is -2.20. The summed E-state index contributed by atoms with van der Waals surface area (Å²) >= 11 is 3.17. The SMILES string of the molecule is CCSC1CCCC1NS(=O)(=O)c1cc(CO)sc1C. The van der Waals surface area contributed by atoms with E-state index in [0.29, 0.717) is 15.0 Å². The number of rotatable bonds is 6. The minimum Gasteiger partial charge on any atom is -0.391 e. The van der Waals surface area contributed by atoms with Crippen molar-refractivity contribution in [1.82, 2.24) is 4.72 Å². The minimum absolute atomic E-state index is 0.0295. The van der Waals surface area contributed by atoms with Gasteiger partial charge in [0.25, 0.3) is 0 Å². The van der Waals surface area contributed by atoms with Crippen LogP contribution in [0.5, 0.6) is 0 Å². The summed E-state index contributed by atoms with van der Waals surface area (Å²) in [4.78, 5) is 1.74. The summed E-state index contributed by atoms with van der Waals surface area (Å²) in [5, 5.41) is 9.51. The summed E-state index contributed by atoms with van der Waals surface area (Å²) in [5.74, 6) is 1.01. The summed E-state index contributed by atoms with van der Waals surface area (Å²) in [6.45, 7) is 3.77. The fourth-order valence-electron chi connectivity index (χ4n) is 2.61. The molecule has 1 heterocycles.